The number of urea groups is 1. The van der Waals surface area contributed by atoms with E-state index in [-0.39, 0.29) is 106 Å². The van der Waals surface area contributed by atoms with Gasteiger partial charge in [-0.3, -0.25) is 33.7 Å². The fourth-order valence-corrected chi connectivity index (χ4v) is 12.1. The van der Waals surface area contributed by atoms with E-state index in [9.17, 15) is 53.7 Å². The lowest BCUT2D eigenvalue weighted by atomic mass is 9.67. The maximum atomic E-state index is 13.8. The highest BCUT2D eigenvalue weighted by molar-refractivity contribution is 6.13. The Balaban J connectivity index is 0.771. The number of ether oxygens (including phenoxy) is 8. The van der Waals surface area contributed by atoms with Crippen molar-refractivity contribution in [2.75, 3.05) is 59.4 Å². The number of alkyl carbamates (subject to hydrolysis) is 1. The molecule has 26 heteroatoms. The van der Waals surface area contributed by atoms with Gasteiger partial charge in [-0.2, -0.15) is 0 Å². The van der Waals surface area contributed by atoms with E-state index in [1.54, 1.807) is 78.9 Å². The first-order valence-electron chi connectivity index (χ1n) is 29.0. The molecule has 470 valence electrons. The smallest absolute Gasteiger partial charge is 0.407 e. The number of aliphatic carboxylic acids is 1. The molecule has 0 bridgehead atoms. The van der Waals surface area contributed by atoms with Crippen molar-refractivity contribution in [3.8, 4) is 23.0 Å². The lowest BCUT2D eigenvalue weighted by molar-refractivity contribution is -0.312. The third-order valence-corrected chi connectivity index (χ3v) is 16.7. The molecular formula is C62H73N7O19. The summed E-state index contributed by atoms with van der Waals surface area (Å²) < 4.78 is 47.8. The zero-order chi connectivity index (χ0) is 62.8. The maximum Gasteiger partial charge on any atom is 0.407 e. The van der Waals surface area contributed by atoms with Crippen LogP contribution < -0.4 is 51.3 Å². The molecule has 0 radical (unpaired) electrons. The second-order valence-electron chi connectivity index (χ2n) is 22.1. The molecule has 1 saturated heterocycles. The number of hydrogen-bond donors (Lipinski definition) is 9. The Hall–Kier alpha value is -8.82. The van der Waals surface area contributed by atoms with Gasteiger partial charge in [-0.25, -0.2) is 9.59 Å². The summed E-state index contributed by atoms with van der Waals surface area (Å²) in [6.45, 7) is 0.680. The minimum absolute atomic E-state index is 0.00667. The van der Waals surface area contributed by atoms with Crippen LogP contribution in [0, 0.1) is 11.3 Å². The second kappa shape index (κ2) is 27.9. The van der Waals surface area contributed by atoms with E-state index in [0.29, 0.717) is 53.8 Å². The van der Waals surface area contributed by atoms with E-state index < -0.39 is 95.1 Å². The van der Waals surface area contributed by atoms with Crippen LogP contribution in [0.1, 0.15) is 86.0 Å². The number of rotatable bonds is 28. The van der Waals surface area contributed by atoms with Gasteiger partial charge >= 0.3 is 18.1 Å². The summed E-state index contributed by atoms with van der Waals surface area (Å²) >= 11 is 0. The van der Waals surface area contributed by atoms with E-state index >= 15 is 0 Å². The van der Waals surface area contributed by atoms with Crippen LogP contribution in [0.15, 0.2) is 103 Å². The van der Waals surface area contributed by atoms with Crippen LogP contribution in [0.3, 0.4) is 0 Å². The van der Waals surface area contributed by atoms with Crippen molar-refractivity contribution in [1.29, 1.82) is 0 Å². The van der Waals surface area contributed by atoms with Crippen molar-refractivity contribution in [1.82, 2.24) is 26.2 Å². The number of methoxy groups -OCH3 is 3. The van der Waals surface area contributed by atoms with Gasteiger partial charge in [0, 0.05) is 69.2 Å². The van der Waals surface area contributed by atoms with Gasteiger partial charge in [0.25, 0.3) is 18.1 Å². The Kier molecular flexibility index (Phi) is 20.2. The monoisotopic (exact) mass is 1220 g/mol. The first-order chi connectivity index (χ1) is 42.4. The summed E-state index contributed by atoms with van der Waals surface area (Å²) in [6, 6.07) is 22.8. The summed E-state index contributed by atoms with van der Waals surface area (Å²) in [5.74, 6) is -5.72. The zero-order valence-corrected chi connectivity index (χ0v) is 48.9. The van der Waals surface area contributed by atoms with Crippen LogP contribution in [0.4, 0.5) is 15.3 Å². The fourth-order valence-electron chi connectivity index (χ4n) is 12.1. The van der Waals surface area contributed by atoms with Crippen LogP contribution in [-0.2, 0) is 65.5 Å². The number of anilines is 1. The summed E-state index contributed by atoms with van der Waals surface area (Å²) in [4.78, 5) is 103. The highest BCUT2D eigenvalue weighted by Crippen LogP contribution is 2.70. The van der Waals surface area contributed by atoms with E-state index in [2.05, 4.69) is 26.6 Å². The van der Waals surface area contributed by atoms with E-state index in [0.717, 1.165) is 4.90 Å². The number of aliphatic hydroxyl groups excluding tert-OH is 1. The average Bonchev–Trinajstić information content (AvgIpc) is 1.51. The Bertz CT molecular complexity index is 3220. The predicted octanol–water partition coefficient (Wildman–Crippen LogP) is 3.70. The van der Waals surface area contributed by atoms with Gasteiger partial charge in [0.05, 0.1) is 38.4 Å². The van der Waals surface area contributed by atoms with Gasteiger partial charge < -0.3 is 85.5 Å². The molecule has 2 saturated carbocycles. The molecule has 88 heavy (non-hydrogen) atoms. The number of hydrogen-bond acceptors (Lipinski definition) is 18. The van der Waals surface area contributed by atoms with Crippen LogP contribution in [0.2, 0.25) is 0 Å². The summed E-state index contributed by atoms with van der Waals surface area (Å²) in [7, 11) is 4.25. The summed E-state index contributed by atoms with van der Waals surface area (Å²) in [6.07, 6.45) is 0.488. The quantitative estimate of drug-likeness (QED) is 0.0222. The van der Waals surface area contributed by atoms with Crippen LogP contribution >= 0.6 is 0 Å². The Morgan fingerprint density at radius 3 is 2.16 bits per heavy atom. The average molecular weight is 1220 g/mol. The molecule has 9 rings (SSSR count). The number of nitrogens with one attached hydrogen (secondary N) is 5. The van der Waals surface area contributed by atoms with E-state index in [1.165, 1.54) is 45.6 Å². The summed E-state index contributed by atoms with van der Waals surface area (Å²) in [5.41, 5.74) is 1.32. The molecule has 3 aliphatic heterocycles. The molecule has 5 aliphatic rings. The Morgan fingerprint density at radius 2 is 1.51 bits per heavy atom. The molecule has 10 N–H and O–H groups in total. The number of carbonyl (C=O) groups is 8. The molecule has 4 aromatic rings. The van der Waals surface area contributed by atoms with Crippen LogP contribution in [-0.4, -0.2) is 153 Å². The van der Waals surface area contributed by atoms with Crippen LogP contribution in [0.25, 0.3) is 0 Å². The summed E-state index contributed by atoms with van der Waals surface area (Å²) in [5, 5.41) is 49.6. The number of fused-ring (bicyclic) bond motifs is 3. The SMILES string of the molecule is COc1ccc([C@@]23Oc4cc(O[C@@H]5O[C@@H](CCNC(=O)OCc6ccc(NC(=O)C(CCCNC(N)=O)NC(=O)C7(C(=O)NCCCCCN8C(=O)C=CC8=O)CCC7)cc6)CO[C@H]5OC)cc(OC)c4[C@]2(O)[C@H](O)[C@H](C(=O)O)[C@H]3c2ccccc2)cc1. The number of amides is 8. The van der Waals surface area contributed by atoms with E-state index in [1.807, 2.05) is 0 Å². The number of carbonyl (C=O) groups excluding carboxylic acids is 7. The molecule has 8 amide bonds. The number of primary amides is 1. The minimum atomic E-state index is -2.40. The first-order valence-corrected chi connectivity index (χ1v) is 29.0. The van der Waals surface area contributed by atoms with E-state index in [4.69, 9.17) is 43.6 Å². The molecule has 26 nitrogen and oxygen atoms in total. The molecule has 3 heterocycles. The number of imide groups is 1. The number of carboxylic acids is 1. The van der Waals surface area contributed by atoms with Gasteiger partial charge in [-0.15, -0.1) is 0 Å². The number of nitrogens with zero attached hydrogens (tertiary/aromatic N) is 1. The largest absolute Gasteiger partial charge is 0.497 e. The van der Waals surface area contributed by atoms with Gasteiger partial charge in [0.15, 0.2) is 11.2 Å². The molecule has 1 unspecified atom stereocenters. The Morgan fingerprint density at radius 1 is 0.795 bits per heavy atom. The molecule has 0 spiro atoms. The molecular weight excluding hydrogens is 1150 g/mol. The number of carboxylic acid groups (broad SMARTS) is 1. The lowest BCUT2D eigenvalue weighted by Gasteiger charge is -2.40. The number of nitrogens with two attached hydrogens (primary N) is 1. The lowest BCUT2D eigenvalue weighted by Crippen LogP contribution is -2.58. The van der Waals surface area contributed by atoms with Crippen molar-refractivity contribution in [2.24, 2.45) is 17.1 Å². The first kappa shape index (κ1) is 63.7. The standard InChI is InChI=1S/C62H73N7O19/c1-81-40-21-17-38(18-22-40)62-49(37-12-6-4-7-13-37)48(53(74)75)51(72)61(62,80)50-44(82-2)32-42(33-45(50)88-62)87-55-54(83-3)84-35-41(86-55)25-30-66-59(79)85-34-36-15-19-39(20-16-36)67-52(73)43(14-10-29-65-58(63)78)68-57(77)60(26-11-27-60)56(76)64-28-8-5-9-31-69-46(70)23-24-47(69)71/h4,6-7,12-13,15-24,32-33,41,43,48-49,51,54-55,72,80H,5,8-11,14,25-31,34-35H2,1-3H3,(H,64,76)(H,66,79)(H,67,73)(H,68,77)(H,74,75)(H3,63,65,78)/t41-,43?,48+,49+,51+,54+,55-,61-,62-/m0/s1. The predicted molar refractivity (Wildman–Crippen MR) is 310 cm³/mol. The van der Waals surface area contributed by atoms with Gasteiger partial charge in [0.2, 0.25) is 24.0 Å². The molecule has 3 fully saturated rings. The zero-order valence-electron chi connectivity index (χ0n) is 48.9. The van der Waals surface area contributed by atoms with Crippen molar-refractivity contribution >= 4 is 53.3 Å². The third-order valence-electron chi connectivity index (χ3n) is 16.7. The Labute approximate surface area is 506 Å². The number of aliphatic hydroxyl groups is 2. The van der Waals surface area contributed by atoms with Gasteiger partial charge in [-0.1, -0.05) is 61.0 Å². The fraction of sp³-hybridized carbons (Fsp3) is 0.452. The molecule has 0 aromatic heterocycles. The number of unbranched alkanes of at least 4 members (excludes halogenated alkanes) is 2. The second-order valence-corrected chi connectivity index (χ2v) is 22.1. The van der Waals surface area contributed by atoms with Crippen molar-refractivity contribution in [3.05, 3.63) is 125 Å². The minimum Gasteiger partial charge on any atom is -0.497 e. The number of benzene rings is 4. The maximum absolute atomic E-state index is 13.8. The topological polar surface area (TPSA) is 361 Å². The normalized spacial score (nSPS) is 24.1. The van der Waals surface area contributed by atoms with Crippen molar-refractivity contribution in [2.45, 2.75) is 112 Å². The highest BCUT2D eigenvalue weighted by Gasteiger charge is 2.78. The third kappa shape index (κ3) is 13.2. The molecule has 2 aliphatic carbocycles. The molecule has 9 atom stereocenters. The van der Waals surface area contributed by atoms with Crippen molar-refractivity contribution in [3.63, 3.8) is 0 Å². The van der Waals surface area contributed by atoms with Crippen LogP contribution in [0.5, 0.6) is 23.0 Å². The highest BCUT2D eigenvalue weighted by atomic mass is 16.8. The van der Waals surface area contributed by atoms with Gasteiger partial charge in [-0.05, 0) is 92.3 Å². The van der Waals surface area contributed by atoms with Gasteiger partial charge in [0.1, 0.15) is 47.2 Å². The van der Waals surface area contributed by atoms with Crippen molar-refractivity contribution < 1.29 is 91.6 Å². The molecule has 4 aromatic carbocycles.